The minimum Gasteiger partial charge on any atom is -0.370 e. The van der Waals surface area contributed by atoms with E-state index in [1.165, 1.54) is 12.1 Å². The van der Waals surface area contributed by atoms with Gasteiger partial charge in [0.2, 0.25) is 5.91 Å². The second kappa shape index (κ2) is 8.17. The van der Waals surface area contributed by atoms with Crippen LogP contribution in [0, 0.1) is 5.82 Å². The molecule has 0 unspecified atom stereocenters. The monoisotopic (exact) mass is 319 g/mol. The van der Waals surface area contributed by atoms with Crippen LogP contribution in [0.15, 0.2) is 41.9 Å². The lowest BCUT2D eigenvalue weighted by Gasteiger charge is -2.36. The first-order valence-electron chi connectivity index (χ1n) is 7.53. The summed E-state index contributed by atoms with van der Waals surface area (Å²) in [6, 6.07) is 6.46. The fourth-order valence-corrected chi connectivity index (χ4v) is 2.34. The molecule has 1 aromatic carbocycles. The molecule has 7 heteroatoms. The van der Waals surface area contributed by atoms with Crippen molar-refractivity contribution in [1.82, 2.24) is 10.2 Å². The van der Waals surface area contributed by atoms with Crippen LogP contribution in [0.4, 0.5) is 10.1 Å². The molecular formula is C16H22FN5O. The summed E-state index contributed by atoms with van der Waals surface area (Å²) in [6.07, 6.45) is 1.61. The van der Waals surface area contributed by atoms with Crippen molar-refractivity contribution in [3.63, 3.8) is 0 Å². The lowest BCUT2D eigenvalue weighted by molar-refractivity contribution is -0.119. The number of hydrogen-bond acceptors (Lipinski definition) is 3. The normalized spacial score (nSPS) is 15.4. The molecule has 1 saturated heterocycles. The second-order valence-electron chi connectivity index (χ2n) is 5.22. The van der Waals surface area contributed by atoms with Gasteiger partial charge in [-0.05, 0) is 24.3 Å². The third kappa shape index (κ3) is 4.98. The van der Waals surface area contributed by atoms with Crippen molar-refractivity contribution in [2.45, 2.75) is 0 Å². The maximum Gasteiger partial charge on any atom is 0.242 e. The van der Waals surface area contributed by atoms with E-state index >= 15 is 0 Å². The van der Waals surface area contributed by atoms with E-state index in [0.29, 0.717) is 25.6 Å². The predicted molar refractivity (Wildman–Crippen MR) is 89.9 cm³/mol. The van der Waals surface area contributed by atoms with E-state index in [4.69, 9.17) is 5.73 Å². The van der Waals surface area contributed by atoms with E-state index in [9.17, 15) is 9.18 Å². The first kappa shape index (κ1) is 16.8. The molecule has 0 spiro atoms. The maximum atomic E-state index is 13.0. The summed E-state index contributed by atoms with van der Waals surface area (Å²) in [7, 11) is 0. The Hall–Kier alpha value is -2.57. The van der Waals surface area contributed by atoms with Gasteiger partial charge in [-0.1, -0.05) is 6.08 Å². The molecule has 1 fully saturated rings. The Morgan fingerprint density at radius 3 is 2.57 bits per heavy atom. The Kier molecular flexibility index (Phi) is 5.96. The van der Waals surface area contributed by atoms with E-state index in [2.05, 4.69) is 21.8 Å². The number of guanidine groups is 1. The van der Waals surface area contributed by atoms with Gasteiger partial charge in [0, 0.05) is 38.4 Å². The minimum absolute atomic E-state index is 0.0118. The van der Waals surface area contributed by atoms with Gasteiger partial charge >= 0.3 is 0 Å². The van der Waals surface area contributed by atoms with Crippen LogP contribution >= 0.6 is 0 Å². The molecular weight excluding hydrogens is 297 g/mol. The molecule has 0 saturated carbocycles. The predicted octanol–water partition coefficient (Wildman–Crippen LogP) is 0.565. The quantitative estimate of drug-likeness (QED) is 0.473. The number of benzene rings is 1. The van der Waals surface area contributed by atoms with Gasteiger partial charge in [-0.15, -0.1) is 6.58 Å². The average Bonchev–Trinajstić information content (AvgIpc) is 2.58. The lowest BCUT2D eigenvalue weighted by atomic mass is 10.2. The molecule has 1 amide bonds. The smallest absolute Gasteiger partial charge is 0.242 e. The summed E-state index contributed by atoms with van der Waals surface area (Å²) in [5.41, 5.74) is 6.93. The van der Waals surface area contributed by atoms with E-state index in [1.807, 2.05) is 4.90 Å². The Morgan fingerprint density at radius 2 is 1.96 bits per heavy atom. The van der Waals surface area contributed by atoms with E-state index in [-0.39, 0.29) is 18.3 Å². The van der Waals surface area contributed by atoms with Crippen molar-refractivity contribution in [3.8, 4) is 0 Å². The highest BCUT2D eigenvalue weighted by Gasteiger charge is 2.18. The van der Waals surface area contributed by atoms with Crippen LogP contribution in [0.2, 0.25) is 0 Å². The van der Waals surface area contributed by atoms with Gasteiger partial charge in [-0.3, -0.25) is 4.79 Å². The molecule has 2 rings (SSSR count). The van der Waals surface area contributed by atoms with Crippen molar-refractivity contribution < 1.29 is 9.18 Å². The van der Waals surface area contributed by atoms with Gasteiger partial charge < -0.3 is 20.9 Å². The van der Waals surface area contributed by atoms with E-state index in [0.717, 1.165) is 18.8 Å². The SMILES string of the molecule is C=CCNC(=O)CN=C(N)N1CCN(c2ccc(F)cc2)CC1. The number of nitrogens with one attached hydrogen (secondary N) is 1. The molecule has 0 aliphatic carbocycles. The molecule has 0 atom stereocenters. The molecule has 23 heavy (non-hydrogen) atoms. The summed E-state index contributed by atoms with van der Waals surface area (Å²) >= 11 is 0. The summed E-state index contributed by atoms with van der Waals surface area (Å²) < 4.78 is 13.0. The van der Waals surface area contributed by atoms with E-state index < -0.39 is 0 Å². The number of anilines is 1. The molecule has 0 radical (unpaired) electrons. The second-order valence-corrected chi connectivity index (χ2v) is 5.22. The topological polar surface area (TPSA) is 74.0 Å². The van der Waals surface area contributed by atoms with Crippen molar-refractivity contribution in [3.05, 3.63) is 42.7 Å². The van der Waals surface area contributed by atoms with Crippen LogP contribution < -0.4 is 16.0 Å². The summed E-state index contributed by atoms with van der Waals surface area (Å²) in [5, 5.41) is 2.65. The highest BCUT2D eigenvalue weighted by Crippen LogP contribution is 2.16. The third-order valence-electron chi connectivity index (χ3n) is 3.62. The zero-order valence-electron chi connectivity index (χ0n) is 13.0. The van der Waals surface area contributed by atoms with Crippen LogP contribution in [0.25, 0.3) is 0 Å². The largest absolute Gasteiger partial charge is 0.370 e. The number of hydrogen-bond donors (Lipinski definition) is 2. The van der Waals surface area contributed by atoms with Gasteiger partial charge in [0.05, 0.1) is 0 Å². The van der Waals surface area contributed by atoms with Gasteiger partial charge in [-0.2, -0.15) is 0 Å². The molecule has 1 aliphatic rings. The molecule has 0 bridgehead atoms. The Morgan fingerprint density at radius 1 is 1.30 bits per heavy atom. The highest BCUT2D eigenvalue weighted by molar-refractivity contribution is 5.84. The molecule has 124 valence electrons. The Labute approximate surface area is 135 Å². The molecule has 1 aromatic rings. The van der Waals surface area contributed by atoms with Crippen molar-refractivity contribution in [1.29, 1.82) is 0 Å². The summed E-state index contributed by atoms with van der Waals surface area (Å²) in [4.78, 5) is 19.7. The van der Waals surface area contributed by atoms with E-state index in [1.54, 1.807) is 18.2 Å². The third-order valence-corrected chi connectivity index (χ3v) is 3.62. The zero-order valence-corrected chi connectivity index (χ0v) is 13.0. The van der Waals surface area contributed by atoms with Gasteiger partial charge in [0.1, 0.15) is 12.4 Å². The first-order chi connectivity index (χ1) is 11.1. The number of piperazine rings is 1. The van der Waals surface area contributed by atoms with Gasteiger partial charge in [0.15, 0.2) is 5.96 Å². The molecule has 3 N–H and O–H groups in total. The first-order valence-corrected chi connectivity index (χ1v) is 7.53. The highest BCUT2D eigenvalue weighted by atomic mass is 19.1. The number of nitrogens with two attached hydrogens (primary N) is 1. The van der Waals surface area contributed by atoms with Crippen LogP contribution in [-0.2, 0) is 4.79 Å². The van der Waals surface area contributed by atoms with Gasteiger partial charge in [-0.25, -0.2) is 9.38 Å². The van der Waals surface area contributed by atoms with Gasteiger partial charge in [0.25, 0.3) is 0 Å². The van der Waals surface area contributed by atoms with Crippen LogP contribution in [0.1, 0.15) is 0 Å². The number of carbonyl (C=O) groups excluding carboxylic acids is 1. The number of rotatable bonds is 5. The number of amides is 1. The van der Waals surface area contributed by atoms with Crippen molar-refractivity contribution in [2.75, 3.05) is 44.2 Å². The number of halogens is 1. The summed E-state index contributed by atoms with van der Waals surface area (Å²) in [6.45, 7) is 6.92. The number of carbonyl (C=O) groups is 1. The Balaban J connectivity index is 1.82. The molecule has 6 nitrogen and oxygen atoms in total. The standard InChI is InChI=1S/C16H22FN5O/c1-2-7-19-15(23)12-20-16(18)22-10-8-21(9-11-22)14-5-3-13(17)4-6-14/h2-6H,1,7-12H2,(H2,18,20)(H,19,23). The fraction of sp³-hybridized carbons (Fsp3) is 0.375. The summed E-state index contributed by atoms with van der Waals surface area (Å²) in [5.74, 6) is -0.0474. The number of aliphatic imine (C=N–C) groups is 1. The van der Waals surface area contributed by atoms with Crippen molar-refractivity contribution in [2.24, 2.45) is 10.7 Å². The molecule has 1 heterocycles. The van der Waals surface area contributed by atoms with Crippen LogP contribution in [-0.4, -0.2) is 56.0 Å². The molecule has 1 aliphatic heterocycles. The lowest BCUT2D eigenvalue weighted by Crippen LogP contribution is -2.51. The maximum absolute atomic E-state index is 13.0. The Bertz CT molecular complexity index is 564. The molecule has 0 aromatic heterocycles. The van der Waals surface area contributed by atoms with Crippen LogP contribution in [0.3, 0.4) is 0 Å². The average molecular weight is 319 g/mol. The van der Waals surface area contributed by atoms with Crippen LogP contribution in [0.5, 0.6) is 0 Å². The fourth-order valence-electron chi connectivity index (χ4n) is 2.34. The number of nitrogens with zero attached hydrogens (tertiary/aromatic N) is 3. The zero-order chi connectivity index (χ0) is 16.7. The minimum atomic E-state index is -0.238. The van der Waals surface area contributed by atoms with Crippen molar-refractivity contribution >= 4 is 17.6 Å².